The SMILES string of the molecule is C#Cc1cccc(NC(=O)Nc2cc(NC(=O)Nc3cccc(C#C)c3)cc(C(=O)OCCCCCCCCCCCC)c2)c1. The summed E-state index contributed by atoms with van der Waals surface area (Å²) in [6.07, 6.45) is 22.7. The molecule has 0 spiro atoms. The molecule has 4 N–H and O–H groups in total. The molecule has 8 nitrogen and oxygen atoms in total. The highest BCUT2D eigenvalue weighted by atomic mass is 16.5. The van der Waals surface area contributed by atoms with E-state index in [9.17, 15) is 14.4 Å². The Labute approximate surface area is 266 Å². The Kier molecular flexibility index (Phi) is 14.6. The number of nitrogens with one attached hydrogen (secondary N) is 4. The van der Waals surface area contributed by atoms with Crippen LogP contribution in [0.3, 0.4) is 0 Å². The summed E-state index contributed by atoms with van der Waals surface area (Å²) in [5, 5.41) is 10.9. The molecular weight excluding hydrogens is 564 g/mol. The Hall–Kier alpha value is -5.21. The topological polar surface area (TPSA) is 109 Å². The predicted octanol–water partition coefficient (Wildman–Crippen LogP) is 9.01. The quantitative estimate of drug-likeness (QED) is 0.0741. The van der Waals surface area contributed by atoms with Crippen LogP contribution in [0.1, 0.15) is 92.6 Å². The molecule has 0 aromatic heterocycles. The van der Waals surface area contributed by atoms with Gasteiger partial charge in [0.2, 0.25) is 0 Å². The van der Waals surface area contributed by atoms with Gasteiger partial charge in [-0.1, -0.05) is 88.7 Å². The van der Waals surface area contributed by atoms with E-state index in [1.54, 1.807) is 48.5 Å². The average Bonchev–Trinajstić information content (AvgIpc) is 3.03. The molecule has 0 atom stereocenters. The van der Waals surface area contributed by atoms with Crippen LogP contribution >= 0.6 is 0 Å². The summed E-state index contributed by atoms with van der Waals surface area (Å²) >= 11 is 0. The van der Waals surface area contributed by atoms with Gasteiger partial charge in [-0.2, -0.15) is 0 Å². The summed E-state index contributed by atoms with van der Waals surface area (Å²) in [6.45, 7) is 2.51. The maximum atomic E-state index is 13.0. The molecule has 8 heteroatoms. The average molecular weight is 607 g/mol. The number of unbranched alkanes of at least 4 members (excludes halogenated alkanes) is 9. The summed E-state index contributed by atoms with van der Waals surface area (Å²) in [7, 11) is 0. The zero-order chi connectivity index (χ0) is 32.3. The van der Waals surface area contributed by atoms with E-state index in [1.165, 1.54) is 63.1 Å². The normalized spacial score (nSPS) is 10.2. The molecule has 0 aliphatic rings. The van der Waals surface area contributed by atoms with E-state index in [2.05, 4.69) is 40.0 Å². The molecule has 3 aromatic carbocycles. The monoisotopic (exact) mass is 606 g/mol. The van der Waals surface area contributed by atoms with Crippen LogP contribution in [0.2, 0.25) is 0 Å². The minimum absolute atomic E-state index is 0.179. The van der Waals surface area contributed by atoms with Gasteiger partial charge < -0.3 is 26.0 Å². The maximum Gasteiger partial charge on any atom is 0.338 e. The van der Waals surface area contributed by atoms with Crippen molar-refractivity contribution >= 4 is 40.8 Å². The number of carbonyl (C=O) groups excluding carboxylic acids is 3. The molecule has 0 aliphatic heterocycles. The van der Waals surface area contributed by atoms with Crippen LogP contribution in [0.4, 0.5) is 32.3 Å². The van der Waals surface area contributed by atoms with Crippen molar-refractivity contribution in [2.75, 3.05) is 27.9 Å². The fourth-order valence-corrected chi connectivity index (χ4v) is 4.69. The Morgan fingerprint density at radius 3 is 1.51 bits per heavy atom. The van der Waals surface area contributed by atoms with Crippen molar-refractivity contribution in [2.24, 2.45) is 0 Å². The standard InChI is InChI=1S/C37H42N4O4/c1-4-7-8-9-10-11-12-13-14-15-22-45-35(42)30-25-33(40-36(43)38-31-20-16-18-28(5-2)23-31)27-34(26-30)41-37(44)39-32-21-17-19-29(6-3)24-32/h2-3,16-21,23-27H,4,7-15,22H2,1H3,(H2,38,40,43)(H2,39,41,44). The van der Waals surface area contributed by atoms with Crippen LogP contribution in [0, 0.1) is 24.7 Å². The first kappa shape index (κ1) is 34.3. The predicted molar refractivity (Wildman–Crippen MR) is 183 cm³/mol. The van der Waals surface area contributed by atoms with Gasteiger partial charge in [0.25, 0.3) is 0 Å². The van der Waals surface area contributed by atoms with Gasteiger partial charge in [-0.15, -0.1) is 12.8 Å². The van der Waals surface area contributed by atoms with Crippen LogP contribution in [0.5, 0.6) is 0 Å². The molecule has 234 valence electrons. The van der Waals surface area contributed by atoms with Gasteiger partial charge in [0.15, 0.2) is 0 Å². The van der Waals surface area contributed by atoms with E-state index in [-0.39, 0.29) is 23.5 Å². The molecule has 0 radical (unpaired) electrons. The number of urea groups is 2. The molecule has 3 rings (SSSR count). The molecule has 0 fully saturated rings. The summed E-state index contributed by atoms with van der Waals surface area (Å²) in [5.41, 5.74) is 2.97. The highest BCUT2D eigenvalue weighted by Crippen LogP contribution is 2.22. The van der Waals surface area contributed by atoms with Gasteiger partial charge in [0.1, 0.15) is 0 Å². The van der Waals surface area contributed by atoms with Crippen molar-refractivity contribution in [1.29, 1.82) is 0 Å². The number of benzene rings is 3. The van der Waals surface area contributed by atoms with Crippen molar-refractivity contribution in [3.8, 4) is 24.7 Å². The Bertz CT molecular complexity index is 1430. The molecular formula is C37H42N4O4. The van der Waals surface area contributed by atoms with Crippen LogP contribution in [0.25, 0.3) is 0 Å². The Balaban J connectivity index is 1.61. The van der Waals surface area contributed by atoms with Crippen LogP contribution in [-0.2, 0) is 4.74 Å². The molecule has 0 saturated heterocycles. The summed E-state index contributed by atoms with van der Waals surface area (Å²) < 4.78 is 5.53. The smallest absolute Gasteiger partial charge is 0.338 e. The second-order valence-electron chi connectivity index (χ2n) is 10.7. The second-order valence-corrected chi connectivity index (χ2v) is 10.7. The third-order valence-electron chi connectivity index (χ3n) is 6.99. The number of hydrogen-bond donors (Lipinski definition) is 4. The van der Waals surface area contributed by atoms with Gasteiger partial charge in [0.05, 0.1) is 12.2 Å². The molecule has 0 aliphatic carbocycles. The summed E-state index contributed by atoms with van der Waals surface area (Å²) in [6, 6.07) is 17.1. The van der Waals surface area contributed by atoms with Gasteiger partial charge in [0, 0.05) is 33.9 Å². The van der Waals surface area contributed by atoms with E-state index in [0.717, 1.165) is 19.3 Å². The van der Waals surface area contributed by atoms with E-state index in [1.807, 2.05) is 0 Å². The molecule has 0 saturated carbocycles. The van der Waals surface area contributed by atoms with Crippen LogP contribution in [0.15, 0.2) is 66.7 Å². The van der Waals surface area contributed by atoms with Gasteiger partial charge in [-0.3, -0.25) is 0 Å². The highest BCUT2D eigenvalue weighted by molar-refractivity contribution is 6.04. The van der Waals surface area contributed by atoms with Gasteiger partial charge in [-0.25, -0.2) is 14.4 Å². The maximum absolute atomic E-state index is 13.0. The van der Waals surface area contributed by atoms with Gasteiger partial charge in [-0.05, 0) is 61.0 Å². The number of terminal acetylenes is 2. The lowest BCUT2D eigenvalue weighted by molar-refractivity contribution is 0.0497. The first-order valence-corrected chi connectivity index (χ1v) is 15.5. The van der Waals surface area contributed by atoms with Crippen LogP contribution < -0.4 is 21.3 Å². The minimum atomic E-state index is -0.554. The largest absolute Gasteiger partial charge is 0.462 e. The molecule has 3 aromatic rings. The molecule has 45 heavy (non-hydrogen) atoms. The second kappa shape index (κ2) is 19.1. The zero-order valence-electron chi connectivity index (χ0n) is 25.9. The lowest BCUT2D eigenvalue weighted by Gasteiger charge is -2.13. The number of amides is 4. The van der Waals surface area contributed by atoms with Crippen molar-refractivity contribution in [3.05, 3.63) is 83.4 Å². The highest BCUT2D eigenvalue weighted by Gasteiger charge is 2.14. The number of rotatable bonds is 16. The number of carbonyl (C=O) groups is 3. The first-order chi connectivity index (χ1) is 21.9. The van der Waals surface area contributed by atoms with E-state index in [4.69, 9.17) is 17.6 Å². The van der Waals surface area contributed by atoms with Crippen LogP contribution in [-0.4, -0.2) is 24.6 Å². The van der Waals surface area contributed by atoms with E-state index in [0.29, 0.717) is 22.5 Å². The number of ether oxygens (including phenoxy) is 1. The fraction of sp³-hybridized carbons (Fsp3) is 0.324. The third kappa shape index (κ3) is 12.9. The van der Waals surface area contributed by atoms with Crippen molar-refractivity contribution < 1.29 is 19.1 Å². The van der Waals surface area contributed by atoms with Crippen molar-refractivity contribution in [2.45, 2.75) is 71.1 Å². The summed E-state index contributed by atoms with van der Waals surface area (Å²) in [5.74, 6) is 4.49. The zero-order valence-corrected chi connectivity index (χ0v) is 25.9. The fourth-order valence-electron chi connectivity index (χ4n) is 4.69. The minimum Gasteiger partial charge on any atom is -0.462 e. The third-order valence-corrected chi connectivity index (χ3v) is 6.99. The van der Waals surface area contributed by atoms with E-state index >= 15 is 0 Å². The Morgan fingerprint density at radius 2 is 1.04 bits per heavy atom. The summed E-state index contributed by atoms with van der Waals surface area (Å²) in [4.78, 5) is 38.5. The van der Waals surface area contributed by atoms with Gasteiger partial charge >= 0.3 is 18.0 Å². The lowest BCUT2D eigenvalue weighted by atomic mass is 10.1. The Morgan fingerprint density at radius 1 is 0.600 bits per heavy atom. The molecule has 0 unspecified atom stereocenters. The first-order valence-electron chi connectivity index (χ1n) is 15.5. The van der Waals surface area contributed by atoms with Crippen molar-refractivity contribution in [1.82, 2.24) is 0 Å². The number of hydrogen-bond acceptors (Lipinski definition) is 4. The van der Waals surface area contributed by atoms with Crippen molar-refractivity contribution in [3.63, 3.8) is 0 Å². The number of anilines is 4. The number of esters is 1. The molecule has 4 amide bonds. The molecule has 0 heterocycles. The molecule has 0 bridgehead atoms. The van der Waals surface area contributed by atoms with E-state index < -0.39 is 18.0 Å². The lowest BCUT2D eigenvalue weighted by Crippen LogP contribution is -2.22.